The topological polar surface area (TPSA) is 41.1 Å². The van der Waals surface area contributed by atoms with Crippen molar-refractivity contribution in [2.24, 2.45) is 5.92 Å². The number of carbonyl (C=O) groups is 1. The zero-order chi connectivity index (χ0) is 14.5. The molecular formula is C18H30N2O. The molecule has 3 atom stereocenters. The second-order valence-corrected chi connectivity index (χ2v) is 7.10. The van der Waals surface area contributed by atoms with E-state index in [1.807, 2.05) is 0 Å². The first-order valence-electron chi connectivity index (χ1n) is 9.04. The van der Waals surface area contributed by atoms with Crippen molar-refractivity contribution < 1.29 is 4.79 Å². The van der Waals surface area contributed by atoms with Gasteiger partial charge in [0.2, 0.25) is 5.91 Å². The van der Waals surface area contributed by atoms with Crippen molar-refractivity contribution in [3.8, 4) is 0 Å². The molecule has 1 aliphatic heterocycles. The van der Waals surface area contributed by atoms with E-state index in [2.05, 4.69) is 16.7 Å². The lowest BCUT2D eigenvalue weighted by atomic mass is 9.77. The highest BCUT2D eigenvalue weighted by atomic mass is 16.2. The van der Waals surface area contributed by atoms with Crippen LogP contribution in [0, 0.1) is 5.92 Å². The molecule has 3 unspecified atom stereocenters. The molecule has 2 aliphatic carbocycles. The predicted molar refractivity (Wildman–Crippen MR) is 86.1 cm³/mol. The van der Waals surface area contributed by atoms with Gasteiger partial charge in [0.05, 0.1) is 6.04 Å². The van der Waals surface area contributed by atoms with Crippen molar-refractivity contribution >= 4 is 5.91 Å². The Kier molecular flexibility index (Phi) is 5.34. The molecule has 118 valence electrons. The number of nitrogens with one attached hydrogen (secondary N) is 2. The zero-order valence-corrected chi connectivity index (χ0v) is 13.2. The lowest BCUT2D eigenvalue weighted by molar-refractivity contribution is -0.124. The lowest BCUT2D eigenvalue weighted by Gasteiger charge is -2.39. The van der Waals surface area contributed by atoms with Crippen molar-refractivity contribution in [3.05, 3.63) is 11.6 Å². The van der Waals surface area contributed by atoms with E-state index >= 15 is 0 Å². The number of carbonyl (C=O) groups excluding carboxylic acids is 1. The number of allylic oxidation sites excluding steroid dienone is 1. The molecule has 3 heteroatoms. The van der Waals surface area contributed by atoms with E-state index in [1.165, 1.54) is 57.8 Å². The standard InChI is InChI=1S/C18H30N2O/c21-18(19-13-12-14-6-2-1-3-7-14)17-11-10-15-8-4-5-9-16(15)20-17/h6,15-17,20H,1-5,7-13H2,(H,19,21). The van der Waals surface area contributed by atoms with Crippen LogP contribution in [0.2, 0.25) is 0 Å². The van der Waals surface area contributed by atoms with Crippen LogP contribution in [0.1, 0.15) is 70.6 Å². The van der Waals surface area contributed by atoms with Crippen LogP contribution < -0.4 is 10.6 Å². The average molecular weight is 290 g/mol. The maximum absolute atomic E-state index is 12.3. The SMILES string of the molecule is O=C(NCCC1=CCCCC1)C1CCC2CCCCC2N1. The van der Waals surface area contributed by atoms with Crippen LogP contribution in [0.4, 0.5) is 0 Å². The normalized spacial score (nSPS) is 33.0. The molecule has 1 heterocycles. The Morgan fingerprint density at radius 1 is 1.14 bits per heavy atom. The highest BCUT2D eigenvalue weighted by Crippen LogP contribution is 2.32. The molecule has 3 nitrogen and oxygen atoms in total. The lowest BCUT2D eigenvalue weighted by Crippen LogP contribution is -2.55. The molecule has 2 N–H and O–H groups in total. The first kappa shape index (κ1) is 15.1. The van der Waals surface area contributed by atoms with E-state index in [0.717, 1.165) is 25.3 Å². The first-order chi connectivity index (χ1) is 10.3. The van der Waals surface area contributed by atoms with Gasteiger partial charge in [0.15, 0.2) is 0 Å². The first-order valence-corrected chi connectivity index (χ1v) is 9.04. The van der Waals surface area contributed by atoms with Gasteiger partial charge in [0.1, 0.15) is 0 Å². The van der Waals surface area contributed by atoms with E-state index < -0.39 is 0 Å². The van der Waals surface area contributed by atoms with Crippen molar-refractivity contribution in [2.75, 3.05) is 6.54 Å². The number of hydrogen-bond acceptors (Lipinski definition) is 2. The highest BCUT2D eigenvalue weighted by molar-refractivity contribution is 5.81. The Morgan fingerprint density at radius 3 is 2.90 bits per heavy atom. The fraction of sp³-hybridized carbons (Fsp3) is 0.833. The second-order valence-electron chi connectivity index (χ2n) is 7.10. The Morgan fingerprint density at radius 2 is 2.05 bits per heavy atom. The molecule has 21 heavy (non-hydrogen) atoms. The highest BCUT2D eigenvalue weighted by Gasteiger charge is 2.34. The van der Waals surface area contributed by atoms with Gasteiger partial charge in [-0.15, -0.1) is 0 Å². The minimum atomic E-state index is 0.0599. The summed E-state index contributed by atoms with van der Waals surface area (Å²) in [6, 6.07) is 0.661. The molecule has 0 aromatic rings. The van der Waals surface area contributed by atoms with Crippen LogP contribution in [0.3, 0.4) is 0 Å². The third-order valence-electron chi connectivity index (χ3n) is 5.60. The molecule has 2 fully saturated rings. The largest absolute Gasteiger partial charge is 0.354 e. The van der Waals surface area contributed by atoms with Gasteiger partial charge in [-0.1, -0.05) is 24.5 Å². The van der Waals surface area contributed by atoms with Gasteiger partial charge in [-0.2, -0.15) is 0 Å². The molecule has 0 radical (unpaired) electrons. The molecule has 3 aliphatic rings. The van der Waals surface area contributed by atoms with Gasteiger partial charge in [-0.05, 0) is 63.7 Å². The van der Waals surface area contributed by atoms with Crippen molar-refractivity contribution in [1.82, 2.24) is 10.6 Å². The summed E-state index contributed by atoms with van der Waals surface area (Å²) in [7, 11) is 0. The van der Waals surface area contributed by atoms with E-state index in [9.17, 15) is 4.79 Å². The van der Waals surface area contributed by atoms with Gasteiger partial charge in [0, 0.05) is 12.6 Å². The maximum Gasteiger partial charge on any atom is 0.237 e. The van der Waals surface area contributed by atoms with Crippen LogP contribution in [0.15, 0.2) is 11.6 Å². The van der Waals surface area contributed by atoms with E-state index in [0.29, 0.717) is 6.04 Å². The van der Waals surface area contributed by atoms with E-state index in [4.69, 9.17) is 0 Å². The third kappa shape index (κ3) is 4.09. The van der Waals surface area contributed by atoms with Crippen LogP contribution in [-0.2, 0) is 4.79 Å². The molecule has 0 aromatic heterocycles. The quantitative estimate of drug-likeness (QED) is 0.780. The maximum atomic E-state index is 12.3. The van der Waals surface area contributed by atoms with Gasteiger partial charge in [0.25, 0.3) is 0 Å². The number of fused-ring (bicyclic) bond motifs is 1. The van der Waals surface area contributed by atoms with Crippen LogP contribution in [0.5, 0.6) is 0 Å². The summed E-state index contributed by atoms with van der Waals surface area (Å²) in [5.41, 5.74) is 1.55. The molecule has 0 aromatic carbocycles. The molecule has 0 bridgehead atoms. The molecule has 1 amide bonds. The fourth-order valence-corrected chi connectivity index (χ4v) is 4.30. The third-order valence-corrected chi connectivity index (χ3v) is 5.60. The minimum absolute atomic E-state index is 0.0599. The number of amides is 1. The van der Waals surface area contributed by atoms with Crippen molar-refractivity contribution in [2.45, 2.75) is 82.7 Å². The van der Waals surface area contributed by atoms with E-state index in [-0.39, 0.29) is 11.9 Å². The smallest absolute Gasteiger partial charge is 0.237 e. The number of hydrogen-bond donors (Lipinski definition) is 2. The van der Waals surface area contributed by atoms with Gasteiger partial charge < -0.3 is 10.6 Å². The zero-order valence-electron chi connectivity index (χ0n) is 13.2. The Bertz CT molecular complexity index is 391. The van der Waals surface area contributed by atoms with Crippen LogP contribution >= 0.6 is 0 Å². The Balaban J connectivity index is 1.40. The summed E-state index contributed by atoms with van der Waals surface area (Å²) in [6.45, 7) is 0.816. The summed E-state index contributed by atoms with van der Waals surface area (Å²) in [6.07, 6.45) is 16.2. The molecule has 1 saturated heterocycles. The minimum Gasteiger partial charge on any atom is -0.354 e. The summed E-state index contributed by atoms with van der Waals surface area (Å²) >= 11 is 0. The summed E-state index contributed by atoms with van der Waals surface area (Å²) < 4.78 is 0. The Labute approximate surface area is 128 Å². The van der Waals surface area contributed by atoms with Gasteiger partial charge in [-0.3, -0.25) is 4.79 Å². The average Bonchev–Trinajstić information content (AvgIpc) is 2.55. The van der Waals surface area contributed by atoms with Crippen molar-refractivity contribution in [1.29, 1.82) is 0 Å². The van der Waals surface area contributed by atoms with Crippen molar-refractivity contribution in [3.63, 3.8) is 0 Å². The molecule has 1 saturated carbocycles. The summed E-state index contributed by atoms with van der Waals surface area (Å²) in [4.78, 5) is 12.3. The molecular weight excluding hydrogens is 260 g/mol. The summed E-state index contributed by atoms with van der Waals surface area (Å²) in [5, 5.41) is 6.77. The summed E-state index contributed by atoms with van der Waals surface area (Å²) in [5.74, 6) is 1.06. The van der Waals surface area contributed by atoms with Crippen LogP contribution in [-0.4, -0.2) is 24.5 Å². The molecule has 3 rings (SSSR count). The molecule has 0 spiro atoms. The predicted octanol–water partition coefficient (Wildman–Crippen LogP) is 3.30. The second kappa shape index (κ2) is 7.44. The monoisotopic (exact) mass is 290 g/mol. The van der Waals surface area contributed by atoms with Crippen LogP contribution in [0.25, 0.3) is 0 Å². The number of rotatable bonds is 4. The fourth-order valence-electron chi connectivity index (χ4n) is 4.30. The van der Waals surface area contributed by atoms with Gasteiger partial charge in [-0.25, -0.2) is 0 Å². The Hall–Kier alpha value is -0.830. The van der Waals surface area contributed by atoms with Gasteiger partial charge >= 0.3 is 0 Å². The number of piperidine rings is 1. The van der Waals surface area contributed by atoms with E-state index in [1.54, 1.807) is 5.57 Å².